The third kappa shape index (κ3) is 5.12. The number of carbonyl (C=O) groups is 2. The van der Waals surface area contributed by atoms with Crippen molar-refractivity contribution in [1.29, 1.82) is 0 Å². The van der Waals surface area contributed by atoms with E-state index in [0.29, 0.717) is 47.7 Å². The van der Waals surface area contributed by atoms with Crippen LogP contribution in [0.25, 0.3) is 22.6 Å². The van der Waals surface area contributed by atoms with E-state index in [1.54, 1.807) is 31.3 Å². The van der Waals surface area contributed by atoms with E-state index in [-0.39, 0.29) is 19.0 Å². The summed E-state index contributed by atoms with van der Waals surface area (Å²) in [4.78, 5) is 30.9. The van der Waals surface area contributed by atoms with Crippen molar-refractivity contribution in [3.05, 3.63) is 42.3 Å². The lowest BCUT2D eigenvalue weighted by atomic mass is 10.1. The Hall–Kier alpha value is -3.93. The summed E-state index contributed by atoms with van der Waals surface area (Å²) in [6.45, 7) is 0.821. The van der Waals surface area contributed by atoms with Crippen molar-refractivity contribution in [2.75, 3.05) is 24.5 Å². The predicted octanol–water partition coefficient (Wildman–Crippen LogP) is 1.26. The Morgan fingerprint density at radius 1 is 1.33 bits per heavy atom. The zero-order valence-corrected chi connectivity index (χ0v) is 17.9. The van der Waals surface area contributed by atoms with Gasteiger partial charge in [0.25, 0.3) is 0 Å². The quantitative estimate of drug-likeness (QED) is 0.518. The predicted molar refractivity (Wildman–Crippen MR) is 116 cm³/mol. The van der Waals surface area contributed by atoms with Gasteiger partial charge in [-0.1, -0.05) is 6.07 Å². The summed E-state index contributed by atoms with van der Waals surface area (Å²) in [6, 6.07) is 7.89. The number of tetrazole rings is 1. The number of aromatic nitrogens is 5. The number of halogens is 1. The van der Waals surface area contributed by atoms with Crippen molar-refractivity contribution in [1.82, 2.24) is 30.5 Å². The Morgan fingerprint density at radius 3 is 2.85 bits per heavy atom. The number of nitrogens with two attached hydrogens (primary N) is 1. The van der Waals surface area contributed by atoms with Crippen LogP contribution in [0, 0.1) is 5.82 Å². The lowest BCUT2D eigenvalue weighted by Gasteiger charge is -2.14. The number of rotatable bonds is 8. The van der Waals surface area contributed by atoms with Gasteiger partial charge in [-0.2, -0.15) is 4.80 Å². The van der Waals surface area contributed by atoms with Gasteiger partial charge in [0, 0.05) is 23.7 Å². The van der Waals surface area contributed by atoms with Gasteiger partial charge in [-0.3, -0.25) is 14.7 Å². The first-order chi connectivity index (χ1) is 15.9. The number of benzene rings is 1. The number of amides is 2. The van der Waals surface area contributed by atoms with Crippen molar-refractivity contribution in [2.45, 2.75) is 18.9 Å². The molecule has 1 atom stereocenters. The first-order valence-corrected chi connectivity index (χ1v) is 10.4. The minimum Gasteiger partial charge on any atom is -0.442 e. The SMILES string of the molecule is Cn1nnc(-c2ccc(-c3ccc(N4C[C@H](CNC(=O)CCCN)OC4=O)cc3F)cn2)n1. The second-order valence-corrected chi connectivity index (χ2v) is 7.51. The molecule has 2 amide bonds. The standard InChI is InChI=1S/C21H23FN8O3/c1-29-27-20(26-28-29)18-7-4-13(10-24-18)16-6-5-14(9-17(16)22)30-12-15(33-21(30)32)11-25-19(31)3-2-8-23/h4-7,9-10,15H,2-3,8,11-12,23H2,1H3,(H,25,31)/t15-/m0/s1. The minimum absolute atomic E-state index is 0.153. The Labute approximate surface area is 188 Å². The van der Waals surface area contributed by atoms with Gasteiger partial charge in [0.2, 0.25) is 11.7 Å². The van der Waals surface area contributed by atoms with Crippen LogP contribution in [0.15, 0.2) is 36.5 Å². The molecule has 1 aromatic carbocycles. The molecule has 1 aliphatic rings. The Bertz CT molecular complexity index is 1150. The summed E-state index contributed by atoms with van der Waals surface area (Å²) in [6.07, 6.45) is 1.32. The van der Waals surface area contributed by atoms with E-state index >= 15 is 0 Å². The molecule has 2 aromatic heterocycles. The molecular formula is C21H23FN8O3. The lowest BCUT2D eigenvalue weighted by molar-refractivity contribution is -0.121. The number of nitrogens with zero attached hydrogens (tertiary/aromatic N) is 6. The molecule has 0 aliphatic carbocycles. The van der Waals surface area contributed by atoms with Crippen LogP contribution in [0.2, 0.25) is 0 Å². The molecule has 33 heavy (non-hydrogen) atoms. The molecule has 11 nitrogen and oxygen atoms in total. The molecule has 3 N–H and O–H groups in total. The Kier molecular flexibility index (Phi) is 6.54. The molecule has 3 heterocycles. The molecule has 12 heteroatoms. The van der Waals surface area contributed by atoms with Gasteiger partial charge in [-0.05, 0) is 42.4 Å². The van der Waals surface area contributed by atoms with Crippen LogP contribution in [0.1, 0.15) is 12.8 Å². The number of hydrogen-bond acceptors (Lipinski definition) is 8. The fourth-order valence-corrected chi connectivity index (χ4v) is 3.40. The molecule has 0 bridgehead atoms. The van der Waals surface area contributed by atoms with Crippen molar-refractivity contribution < 1.29 is 18.7 Å². The molecule has 0 radical (unpaired) electrons. The number of aryl methyl sites for hydroxylation is 1. The molecule has 0 unspecified atom stereocenters. The van der Waals surface area contributed by atoms with Crippen LogP contribution >= 0.6 is 0 Å². The monoisotopic (exact) mass is 454 g/mol. The maximum Gasteiger partial charge on any atom is 0.414 e. The summed E-state index contributed by atoms with van der Waals surface area (Å²) in [5.74, 6) is -0.288. The molecule has 1 aliphatic heterocycles. The van der Waals surface area contributed by atoms with Crippen molar-refractivity contribution in [3.63, 3.8) is 0 Å². The van der Waals surface area contributed by atoms with E-state index in [9.17, 15) is 14.0 Å². The van der Waals surface area contributed by atoms with E-state index in [4.69, 9.17) is 10.5 Å². The Balaban J connectivity index is 1.42. The van der Waals surface area contributed by atoms with E-state index in [2.05, 4.69) is 25.7 Å². The molecule has 4 rings (SSSR count). The molecule has 3 aromatic rings. The first kappa shape index (κ1) is 22.3. The van der Waals surface area contributed by atoms with E-state index in [1.165, 1.54) is 22.0 Å². The van der Waals surface area contributed by atoms with Gasteiger partial charge in [-0.25, -0.2) is 9.18 Å². The maximum absolute atomic E-state index is 14.9. The summed E-state index contributed by atoms with van der Waals surface area (Å²) >= 11 is 0. The van der Waals surface area contributed by atoms with Crippen LogP contribution in [-0.2, 0) is 16.6 Å². The number of nitrogens with one attached hydrogen (secondary N) is 1. The van der Waals surface area contributed by atoms with Crippen molar-refractivity contribution in [2.24, 2.45) is 12.8 Å². The Morgan fingerprint density at radius 2 is 2.18 bits per heavy atom. The van der Waals surface area contributed by atoms with Crippen LogP contribution < -0.4 is 16.0 Å². The largest absolute Gasteiger partial charge is 0.442 e. The van der Waals surface area contributed by atoms with Gasteiger partial charge in [0.15, 0.2) is 0 Å². The third-order valence-electron chi connectivity index (χ3n) is 5.09. The van der Waals surface area contributed by atoms with E-state index < -0.39 is 18.0 Å². The van der Waals surface area contributed by atoms with Gasteiger partial charge in [0.1, 0.15) is 17.6 Å². The highest BCUT2D eigenvalue weighted by molar-refractivity contribution is 5.90. The number of cyclic esters (lactones) is 1. The fraction of sp³-hybridized carbons (Fsp3) is 0.333. The average Bonchev–Trinajstić information content (AvgIpc) is 3.41. The second-order valence-electron chi connectivity index (χ2n) is 7.51. The molecule has 0 saturated carbocycles. The first-order valence-electron chi connectivity index (χ1n) is 10.4. The van der Waals surface area contributed by atoms with Gasteiger partial charge >= 0.3 is 6.09 Å². The van der Waals surface area contributed by atoms with Crippen molar-refractivity contribution >= 4 is 17.7 Å². The summed E-state index contributed by atoms with van der Waals surface area (Å²) in [5, 5.41) is 14.5. The number of carbonyl (C=O) groups excluding carboxylic acids is 2. The number of anilines is 1. The second kappa shape index (κ2) is 9.69. The van der Waals surface area contributed by atoms with Gasteiger partial charge in [0.05, 0.1) is 25.8 Å². The summed E-state index contributed by atoms with van der Waals surface area (Å²) in [5.41, 5.74) is 7.17. The van der Waals surface area contributed by atoms with Crippen molar-refractivity contribution in [3.8, 4) is 22.6 Å². The normalized spacial score (nSPS) is 15.5. The smallest absolute Gasteiger partial charge is 0.414 e. The van der Waals surface area contributed by atoms with Crippen LogP contribution in [0.3, 0.4) is 0 Å². The third-order valence-corrected chi connectivity index (χ3v) is 5.09. The highest BCUT2D eigenvalue weighted by Crippen LogP contribution is 2.29. The number of hydrogen-bond donors (Lipinski definition) is 2. The number of pyridine rings is 1. The molecule has 0 spiro atoms. The molecule has 172 valence electrons. The fourth-order valence-electron chi connectivity index (χ4n) is 3.40. The van der Waals surface area contributed by atoms with Gasteiger partial charge < -0.3 is 15.8 Å². The zero-order chi connectivity index (χ0) is 23.4. The van der Waals surface area contributed by atoms with Crippen LogP contribution in [0.5, 0.6) is 0 Å². The van der Waals surface area contributed by atoms with Crippen LogP contribution in [-0.4, -0.2) is 62.9 Å². The zero-order valence-electron chi connectivity index (χ0n) is 17.9. The highest BCUT2D eigenvalue weighted by Gasteiger charge is 2.32. The lowest BCUT2D eigenvalue weighted by Crippen LogP contribution is -2.34. The summed E-state index contributed by atoms with van der Waals surface area (Å²) < 4.78 is 20.2. The van der Waals surface area contributed by atoms with E-state index in [0.717, 1.165) is 0 Å². The van der Waals surface area contributed by atoms with Crippen LogP contribution in [0.4, 0.5) is 14.9 Å². The average molecular weight is 454 g/mol. The molecule has 1 saturated heterocycles. The maximum atomic E-state index is 14.9. The topological polar surface area (TPSA) is 141 Å². The van der Waals surface area contributed by atoms with E-state index in [1.807, 2.05) is 0 Å². The number of ether oxygens (including phenoxy) is 1. The highest BCUT2D eigenvalue weighted by atomic mass is 19.1. The minimum atomic E-state index is -0.592. The van der Waals surface area contributed by atoms with Gasteiger partial charge in [-0.15, -0.1) is 10.2 Å². The molecular weight excluding hydrogens is 431 g/mol. The summed E-state index contributed by atoms with van der Waals surface area (Å²) in [7, 11) is 1.65. The molecule has 1 fully saturated rings.